The van der Waals surface area contributed by atoms with E-state index in [1.165, 1.54) is 6.92 Å². The van der Waals surface area contributed by atoms with Gasteiger partial charge >= 0.3 is 11.9 Å². The minimum atomic E-state index is -3.57. The molecule has 0 saturated carbocycles. The number of alkyl halides is 2. The Labute approximate surface area is 150 Å². The second-order valence-corrected chi connectivity index (χ2v) is 6.75. The van der Waals surface area contributed by atoms with E-state index >= 15 is 0 Å². The molecule has 0 aromatic heterocycles. The summed E-state index contributed by atoms with van der Waals surface area (Å²) in [4.78, 5) is 11.9. The van der Waals surface area contributed by atoms with Crippen molar-refractivity contribution in [2.75, 3.05) is 6.61 Å². The number of esters is 1. The molecule has 1 aliphatic carbocycles. The number of carbonyl (C=O) groups excluding carboxylic acids is 1. The Morgan fingerprint density at radius 3 is 2.68 bits per heavy atom. The van der Waals surface area contributed by atoms with Crippen LogP contribution >= 0.6 is 11.6 Å². The number of rotatable bonds is 4. The molecule has 132 valence electrons. The molecule has 0 saturated heterocycles. The lowest BCUT2D eigenvalue weighted by atomic mass is 9.82. The van der Waals surface area contributed by atoms with Crippen molar-refractivity contribution in [2.45, 2.75) is 32.1 Å². The molecular formula is C20H19ClF2O2. The first-order valence-electron chi connectivity index (χ1n) is 8.25. The Morgan fingerprint density at radius 2 is 2.00 bits per heavy atom. The molecule has 3 rings (SSSR count). The monoisotopic (exact) mass is 364 g/mol. The second-order valence-electron chi connectivity index (χ2n) is 6.34. The van der Waals surface area contributed by atoms with Gasteiger partial charge in [0, 0.05) is 16.9 Å². The maximum Gasteiger partial charge on any atom is 0.377 e. The van der Waals surface area contributed by atoms with E-state index < -0.39 is 23.7 Å². The number of aryl methyl sites for hydroxylation is 1. The van der Waals surface area contributed by atoms with Gasteiger partial charge in [-0.3, -0.25) is 0 Å². The van der Waals surface area contributed by atoms with Crippen LogP contribution in [-0.4, -0.2) is 18.5 Å². The third-order valence-electron chi connectivity index (χ3n) is 4.80. The van der Waals surface area contributed by atoms with Crippen LogP contribution in [0, 0.1) is 12.8 Å². The van der Waals surface area contributed by atoms with Crippen LogP contribution < -0.4 is 0 Å². The Balaban J connectivity index is 2.09. The summed E-state index contributed by atoms with van der Waals surface area (Å²) in [5, 5.41) is 0.528. The number of ether oxygens (including phenoxy) is 1. The molecule has 5 heteroatoms. The quantitative estimate of drug-likeness (QED) is 0.701. The molecule has 0 amide bonds. The lowest BCUT2D eigenvalue weighted by Gasteiger charge is -2.27. The topological polar surface area (TPSA) is 26.3 Å². The summed E-state index contributed by atoms with van der Waals surface area (Å²) in [6.45, 7) is 3.31. The van der Waals surface area contributed by atoms with Crippen molar-refractivity contribution in [3.8, 4) is 0 Å². The fourth-order valence-corrected chi connectivity index (χ4v) is 3.71. The van der Waals surface area contributed by atoms with Crippen molar-refractivity contribution in [1.82, 2.24) is 0 Å². The highest BCUT2D eigenvalue weighted by molar-refractivity contribution is 6.31. The Hall–Kier alpha value is -1.94. The van der Waals surface area contributed by atoms with E-state index in [4.69, 9.17) is 11.6 Å². The summed E-state index contributed by atoms with van der Waals surface area (Å²) in [6.07, 6.45) is 0.123. The van der Waals surface area contributed by atoms with Gasteiger partial charge in [-0.1, -0.05) is 48.0 Å². The molecule has 0 radical (unpaired) electrons. The summed E-state index contributed by atoms with van der Waals surface area (Å²) in [5.74, 6) is -6.83. The van der Waals surface area contributed by atoms with Gasteiger partial charge in [-0.25, -0.2) is 4.79 Å². The van der Waals surface area contributed by atoms with Gasteiger partial charge in [0.05, 0.1) is 6.61 Å². The van der Waals surface area contributed by atoms with Crippen LogP contribution in [-0.2, 0) is 16.0 Å². The van der Waals surface area contributed by atoms with E-state index in [1.54, 1.807) is 6.07 Å². The number of hydrogen-bond donors (Lipinski definition) is 0. The summed E-state index contributed by atoms with van der Waals surface area (Å²) in [7, 11) is 0. The van der Waals surface area contributed by atoms with Crippen LogP contribution in [0.5, 0.6) is 0 Å². The Morgan fingerprint density at radius 1 is 1.28 bits per heavy atom. The molecule has 2 aromatic rings. The zero-order valence-electron chi connectivity index (χ0n) is 14.1. The van der Waals surface area contributed by atoms with Gasteiger partial charge < -0.3 is 4.74 Å². The molecule has 0 spiro atoms. The SMILES string of the molecule is CCOC(=O)C(F)(F)[C@H]1Cc2ccccc2[C@@H]1c1ccc(C)c(Cl)c1. The molecule has 0 aliphatic heterocycles. The Bertz CT molecular complexity index is 804. The molecular weight excluding hydrogens is 346 g/mol. The minimum Gasteiger partial charge on any atom is -0.462 e. The van der Waals surface area contributed by atoms with Crippen molar-refractivity contribution in [3.05, 3.63) is 69.7 Å². The van der Waals surface area contributed by atoms with E-state index in [1.807, 2.05) is 43.3 Å². The number of fused-ring (bicyclic) bond motifs is 1. The van der Waals surface area contributed by atoms with Crippen LogP contribution in [0.15, 0.2) is 42.5 Å². The molecule has 0 fully saturated rings. The third-order valence-corrected chi connectivity index (χ3v) is 5.21. The van der Waals surface area contributed by atoms with Gasteiger partial charge in [0.1, 0.15) is 0 Å². The molecule has 0 heterocycles. The van der Waals surface area contributed by atoms with Crippen molar-refractivity contribution < 1.29 is 18.3 Å². The minimum absolute atomic E-state index is 0.0743. The first-order valence-corrected chi connectivity index (χ1v) is 8.63. The van der Waals surface area contributed by atoms with E-state index in [-0.39, 0.29) is 13.0 Å². The van der Waals surface area contributed by atoms with Crippen LogP contribution in [0.4, 0.5) is 8.78 Å². The zero-order chi connectivity index (χ0) is 18.2. The van der Waals surface area contributed by atoms with Crippen LogP contribution in [0.25, 0.3) is 0 Å². The lowest BCUT2D eigenvalue weighted by molar-refractivity contribution is -0.180. The van der Waals surface area contributed by atoms with Gasteiger partial charge in [-0.05, 0) is 48.6 Å². The maximum atomic E-state index is 14.9. The van der Waals surface area contributed by atoms with Crippen molar-refractivity contribution in [1.29, 1.82) is 0 Å². The summed E-state index contributed by atoms with van der Waals surface area (Å²) >= 11 is 6.21. The van der Waals surface area contributed by atoms with E-state index in [9.17, 15) is 13.6 Å². The highest BCUT2D eigenvalue weighted by atomic mass is 35.5. The fraction of sp³-hybridized carbons (Fsp3) is 0.350. The first-order chi connectivity index (χ1) is 11.9. The van der Waals surface area contributed by atoms with E-state index in [0.29, 0.717) is 10.6 Å². The molecule has 25 heavy (non-hydrogen) atoms. The Kier molecular flexibility index (Phi) is 4.83. The highest BCUT2D eigenvalue weighted by Crippen LogP contribution is 2.49. The van der Waals surface area contributed by atoms with Gasteiger partial charge in [0.15, 0.2) is 0 Å². The molecule has 2 nitrogen and oxygen atoms in total. The van der Waals surface area contributed by atoms with Gasteiger partial charge in [0.2, 0.25) is 0 Å². The molecule has 0 unspecified atom stereocenters. The lowest BCUT2D eigenvalue weighted by Crippen LogP contribution is -2.41. The third kappa shape index (κ3) is 3.15. The largest absolute Gasteiger partial charge is 0.462 e. The summed E-state index contributed by atoms with van der Waals surface area (Å²) in [5.41, 5.74) is 3.22. The molecule has 2 aromatic carbocycles. The first kappa shape index (κ1) is 17.9. The number of hydrogen-bond acceptors (Lipinski definition) is 2. The van der Waals surface area contributed by atoms with Crippen molar-refractivity contribution in [2.24, 2.45) is 5.92 Å². The molecule has 1 aliphatic rings. The van der Waals surface area contributed by atoms with Gasteiger partial charge in [0.25, 0.3) is 0 Å². The normalized spacial score (nSPS) is 19.6. The zero-order valence-corrected chi connectivity index (χ0v) is 14.8. The summed E-state index contributed by atoms with van der Waals surface area (Å²) in [6, 6.07) is 12.7. The number of benzene rings is 2. The number of carbonyl (C=O) groups is 1. The predicted molar refractivity (Wildman–Crippen MR) is 93.2 cm³/mol. The average Bonchev–Trinajstić information content (AvgIpc) is 2.98. The van der Waals surface area contributed by atoms with Gasteiger partial charge in [-0.2, -0.15) is 8.78 Å². The van der Waals surface area contributed by atoms with Crippen LogP contribution in [0.3, 0.4) is 0 Å². The fourth-order valence-electron chi connectivity index (χ4n) is 3.53. The number of halogens is 3. The standard InChI is InChI=1S/C20H19ClF2O2/c1-3-25-19(24)20(22,23)16-10-13-6-4-5-7-15(13)18(16)14-9-8-12(2)17(21)11-14/h4-9,11,16,18H,3,10H2,1-2H3/t16-,18-/m0/s1. The van der Waals surface area contributed by atoms with Crippen LogP contribution in [0.2, 0.25) is 5.02 Å². The molecule has 0 N–H and O–H groups in total. The molecule has 2 atom stereocenters. The highest BCUT2D eigenvalue weighted by Gasteiger charge is 2.55. The van der Waals surface area contributed by atoms with Gasteiger partial charge in [-0.15, -0.1) is 0 Å². The second kappa shape index (κ2) is 6.75. The summed E-state index contributed by atoms with van der Waals surface area (Å²) < 4.78 is 34.4. The van der Waals surface area contributed by atoms with Crippen molar-refractivity contribution >= 4 is 17.6 Å². The average molecular weight is 365 g/mol. The predicted octanol–water partition coefficient (Wildman–Crippen LogP) is 5.15. The molecule has 0 bridgehead atoms. The smallest absolute Gasteiger partial charge is 0.377 e. The maximum absolute atomic E-state index is 14.9. The van der Waals surface area contributed by atoms with E-state index in [2.05, 4.69) is 4.74 Å². The van der Waals surface area contributed by atoms with Crippen molar-refractivity contribution in [3.63, 3.8) is 0 Å². The van der Waals surface area contributed by atoms with E-state index in [0.717, 1.165) is 16.7 Å². The van der Waals surface area contributed by atoms with Crippen LogP contribution in [0.1, 0.15) is 35.1 Å².